The van der Waals surface area contributed by atoms with E-state index in [-0.39, 0.29) is 30.3 Å². The van der Waals surface area contributed by atoms with E-state index in [2.05, 4.69) is 6.92 Å². The van der Waals surface area contributed by atoms with Crippen molar-refractivity contribution >= 4 is 19.1 Å². The van der Waals surface area contributed by atoms with Crippen LogP contribution in [-0.4, -0.2) is 47.9 Å². The fourth-order valence-corrected chi connectivity index (χ4v) is 3.71. The molecule has 154 valence electrons. The first-order valence-electron chi connectivity index (χ1n) is 10.3. The lowest BCUT2D eigenvalue weighted by Gasteiger charge is -2.32. The molecule has 2 saturated heterocycles. The van der Waals surface area contributed by atoms with Crippen molar-refractivity contribution in [2.75, 3.05) is 6.61 Å². The fraction of sp³-hybridized carbons (Fsp3) is 0.900. The zero-order chi connectivity index (χ0) is 20.6. The lowest BCUT2D eigenvalue weighted by atomic mass is 9.62. The number of cyclic esters (lactones) is 1. The first-order valence-corrected chi connectivity index (χ1v) is 10.3. The van der Waals surface area contributed by atoms with Crippen LogP contribution in [0.5, 0.6) is 0 Å². The minimum atomic E-state index is -0.534. The number of nitrogens with zero attached hydrogens (tertiary/aromatic N) is 1. The summed E-state index contributed by atoms with van der Waals surface area (Å²) in [6, 6.07) is -0.211. The van der Waals surface area contributed by atoms with Gasteiger partial charge in [0.15, 0.2) is 0 Å². The second kappa shape index (κ2) is 8.12. The van der Waals surface area contributed by atoms with Crippen molar-refractivity contribution in [3.63, 3.8) is 0 Å². The molecule has 0 bridgehead atoms. The lowest BCUT2D eigenvalue weighted by molar-refractivity contribution is -0.133. The van der Waals surface area contributed by atoms with Crippen LogP contribution >= 0.6 is 0 Å². The van der Waals surface area contributed by atoms with E-state index in [9.17, 15) is 9.59 Å². The van der Waals surface area contributed by atoms with Crippen LogP contribution in [-0.2, 0) is 18.8 Å². The summed E-state index contributed by atoms with van der Waals surface area (Å²) in [6.07, 6.45) is 2.28. The van der Waals surface area contributed by atoms with Crippen molar-refractivity contribution in [1.82, 2.24) is 4.90 Å². The average Bonchev–Trinajstić information content (AvgIpc) is 3.04. The van der Waals surface area contributed by atoms with E-state index in [1.54, 1.807) is 0 Å². The molecule has 0 unspecified atom stereocenters. The maximum absolute atomic E-state index is 13.3. The Bertz CT molecular complexity index is 547. The first-order chi connectivity index (χ1) is 12.4. The lowest BCUT2D eigenvalue weighted by Crippen LogP contribution is -2.47. The molecule has 0 saturated carbocycles. The number of amides is 2. The third kappa shape index (κ3) is 4.34. The number of carbonyl (C=O) groups is 2. The summed E-state index contributed by atoms with van der Waals surface area (Å²) in [7, 11) is -0.461. The zero-order valence-electron chi connectivity index (χ0n) is 18.2. The highest BCUT2D eigenvalue weighted by Crippen LogP contribution is 2.44. The molecule has 0 spiro atoms. The highest BCUT2D eigenvalue weighted by molar-refractivity contribution is 6.48. The number of unbranched alkanes of at least 4 members (excludes halogenated alkanes) is 1. The Labute approximate surface area is 164 Å². The second-order valence-corrected chi connectivity index (χ2v) is 9.32. The Hall–Kier alpha value is -1.08. The summed E-state index contributed by atoms with van der Waals surface area (Å²) >= 11 is 0. The van der Waals surface area contributed by atoms with Gasteiger partial charge in [-0.3, -0.25) is 4.79 Å². The number of ether oxygens (including phenoxy) is 1. The number of hydrogen-bond donors (Lipinski definition) is 0. The number of imide groups is 1. The van der Waals surface area contributed by atoms with E-state index >= 15 is 0 Å². The van der Waals surface area contributed by atoms with Gasteiger partial charge >= 0.3 is 13.2 Å². The molecule has 2 fully saturated rings. The van der Waals surface area contributed by atoms with Crippen molar-refractivity contribution in [2.45, 2.75) is 97.7 Å². The summed E-state index contributed by atoms with van der Waals surface area (Å²) in [5.74, 6) is -0.539. The summed E-state index contributed by atoms with van der Waals surface area (Å²) in [5.41, 5.74) is -0.893. The van der Waals surface area contributed by atoms with Crippen LogP contribution in [0, 0.1) is 11.8 Å². The van der Waals surface area contributed by atoms with E-state index in [0.29, 0.717) is 0 Å². The standard InChI is InChI=1S/C20H36BNO5/c1-9-10-11-15(21-26-19(5,6)20(7,8)27-21)14(4)17(23)22-16(13(2)3)12-25-18(22)24/h13-16H,9-12H2,1-8H3/t14-,15-,16-/m1/s1. The van der Waals surface area contributed by atoms with Crippen LogP contribution in [0.1, 0.15) is 74.7 Å². The van der Waals surface area contributed by atoms with Crippen LogP contribution in [0.2, 0.25) is 5.82 Å². The largest absolute Gasteiger partial charge is 0.461 e. The highest BCUT2D eigenvalue weighted by Gasteiger charge is 2.56. The predicted octanol–water partition coefficient (Wildman–Crippen LogP) is 4.28. The maximum atomic E-state index is 13.3. The van der Waals surface area contributed by atoms with Crippen LogP contribution in [0.4, 0.5) is 4.79 Å². The molecule has 2 aliphatic rings. The Morgan fingerprint density at radius 2 is 1.74 bits per heavy atom. The quantitative estimate of drug-likeness (QED) is 0.616. The molecule has 2 rings (SSSR count). The SMILES string of the molecule is CCCC[C@@H](B1OC(C)(C)C(C)(C)O1)[C@@H](C)C(=O)N1C(=O)OC[C@@H]1C(C)C. The topological polar surface area (TPSA) is 65.1 Å². The van der Waals surface area contributed by atoms with Crippen molar-refractivity contribution in [3.8, 4) is 0 Å². The van der Waals surface area contributed by atoms with Crippen LogP contribution < -0.4 is 0 Å². The molecular formula is C20H36BNO5. The van der Waals surface area contributed by atoms with E-state index in [1.165, 1.54) is 4.90 Å². The third-order valence-electron chi connectivity index (χ3n) is 6.46. The summed E-state index contributed by atoms with van der Waals surface area (Å²) in [4.78, 5) is 26.8. The van der Waals surface area contributed by atoms with Crippen LogP contribution in [0.15, 0.2) is 0 Å². The van der Waals surface area contributed by atoms with Gasteiger partial charge in [0.25, 0.3) is 0 Å². The van der Waals surface area contributed by atoms with Crippen LogP contribution in [0.25, 0.3) is 0 Å². The normalized spacial score (nSPS) is 26.4. The fourth-order valence-electron chi connectivity index (χ4n) is 3.71. The molecule has 0 aliphatic carbocycles. The Balaban J connectivity index is 2.23. The summed E-state index contributed by atoms with van der Waals surface area (Å²) in [5, 5.41) is 0. The number of carbonyl (C=O) groups excluding carboxylic acids is 2. The average molecular weight is 381 g/mol. The Morgan fingerprint density at radius 1 is 1.19 bits per heavy atom. The molecular weight excluding hydrogens is 345 g/mol. The van der Waals surface area contributed by atoms with Gasteiger partial charge in [-0.15, -0.1) is 0 Å². The van der Waals surface area contributed by atoms with Gasteiger partial charge in [0, 0.05) is 11.7 Å². The number of rotatable bonds is 7. The monoisotopic (exact) mass is 381 g/mol. The Morgan fingerprint density at radius 3 is 2.22 bits per heavy atom. The molecule has 27 heavy (non-hydrogen) atoms. The number of hydrogen-bond acceptors (Lipinski definition) is 5. The molecule has 2 heterocycles. The van der Waals surface area contributed by atoms with Gasteiger partial charge in [-0.1, -0.05) is 47.0 Å². The third-order valence-corrected chi connectivity index (χ3v) is 6.46. The minimum Gasteiger partial charge on any atom is -0.447 e. The molecule has 0 aromatic carbocycles. The smallest absolute Gasteiger partial charge is 0.447 e. The van der Waals surface area contributed by atoms with E-state index in [1.807, 2.05) is 48.5 Å². The minimum absolute atomic E-state index is 0.111. The van der Waals surface area contributed by atoms with Crippen molar-refractivity contribution < 1.29 is 23.6 Å². The molecule has 0 aromatic rings. The van der Waals surface area contributed by atoms with E-state index in [4.69, 9.17) is 14.0 Å². The predicted molar refractivity (Wildman–Crippen MR) is 105 cm³/mol. The summed E-state index contributed by atoms with van der Waals surface area (Å²) < 4.78 is 17.7. The van der Waals surface area contributed by atoms with Gasteiger partial charge in [-0.2, -0.15) is 0 Å². The maximum Gasteiger partial charge on any atom is 0.461 e. The Kier molecular flexibility index (Phi) is 6.68. The van der Waals surface area contributed by atoms with Gasteiger partial charge in [0.2, 0.25) is 5.91 Å². The van der Waals surface area contributed by atoms with E-state index in [0.717, 1.165) is 19.3 Å². The van der Waals surface area contributed by atoms with Crippen molar-refractivity contribution in [1.29, 1.82) is 0 Å². The molecule has 2 amide bonds. The molecule has 3 atom stereocenters. The molecule has 7 heteroatoms. The van der Waals surface area contributed by atoms with Gasteiger partial charge in [-0.25, -0.2) is 9.69 Å². The van der Waals surface area contributed by atoms with Gasteiger partial charge in [-0.05, 0) is 33.6 Å². The van der Waals surface area contributed by atoms with Gasteiger partial charge < -0.3 is 14.0 Å². The molecule has 0 aromatic heterocycles. The molecule has 2 aliphatic heterocycles. The highest BCUT2D eigenvalue weighted by atomic mass is 16.7. The van der Waals surface area contributed by atoms with Gasteiger partial charge in [0.1, 0.15) is 6.61 Å². The van der Waals surface area contributed by atoms with Crippen LogP contribution in [0.3, 0.4) is 0 Å². The first kappa shape index (κ1) is 22.2. The summed E-state index contributed by atoms with van der Waals surface area (Å²) in [6.45, 7) is 16.3. The zero-order valence-corrected chi connectivity index (χ0v) is 18.2. The van der Waals surface area contributed by atoms with Gasteiger partial charge in [0.05, 0.1) is 17.2 Å². The molecule has 0 radical (unpaired) electrons. The van der Waals surface area contributed by atoms with E-state index < -0.39 is 30.3 Å². The second-order valence-electron chi connectivity index (χ2n) is 9.32. The van der Waals surface area contributed by atoms with Crippen molar-refractivity contribution in [2.24, 2.45) is 11.8 Å². The molecule has 6 nitrogen and oxygen atoms in total. The molecule has 0 N–H and O–H groups in total. The van der Waals surface area contributed by atoms with Crippen molar-refractivity contribution in [3.05, 3.63) is 0 Å².